The fraction of sp³-hybridized carbons (Fsp3) is 0.400. The Morgan fingerprint density at radius 3 is 2.95 bits per heavy atom. The van der Waals surface area contributed by atoms with E-state index in [-0.39, 0.29) is 0 Å². The molecule has 1 N–H and O–H groups in total. The first-order valence-corrected chi connectivity index (χ1v) is 7.62. The van der Waals surface area contributed by atoms with Crippen molar-refractivity contribution in [1.29, 1.82) is 0 Å². The maximum Gasteiger partial charge on any atom is 0.146 e. The van der Waals surface area contributed by atoms with Crippen LogP contribution in [0.5, 0.6) is 5.75 Å². The molecule has 1 aromatic heterocycles. The number of halogens is 1. The number of aryl methyl sites for hydroxylation is 1. The van der Waals surface area contributed by atoms with Crippen molar-refractivity contribution in [3.05, 3.63) is 46.5 Å². The van der Waals surface area contributed by atoms with Crippen molar-refractivity contribution < 1.29 is 4.74 Å². The number of rotatable bonds is 6. The third kappa shape index (κ3) is 3.41. The molecule has 0 amide bonds. The molecule has 0 bridgehead atoms. The third-order valence-corrected chi connectivity index (χ3v) is 4.07. The molecule has 1 aromatic carbocycles. The van der Waals surface area contributed by atoms with Crippen LogP contribution in [0.2, 0.25) is 0 Å². The minimum atomic E-state index is 0.474. The van der Waals surface area contributed by atoms with Gasteiger partial charge in [-0.1, -0.05) is 6.07 Å². The van der Waals surface area contributed by atoms with Gasteiger partial charge in [-0.2, -0.15) is 0 Å². The molecule has 0 aliphatic heterocycles. The zero-order valence-corrected chi connectivity index (χ0v) is 13.1. The summed E-state index contributed by atoms with van der Waals surface area (Å²) in [5.41, 5.74) is 1.27. The largest absolute Gasteiger partial charge is 0.485 e. The molecule has 1 saturated carbocycles. The van der Waals surface area contributed by atoms with E-state index >= 15 is 0 Å². The Morgan fingerprint density at radius 2 is 2.30 bits per heavy atom. The summed E-state index contributed by atoms with van der Waals surface area (Å²) < 4.78 is 8.75. The van der Waals surface area contributed by atoms with Gasteiger partial charge in [-0.05, 0) is 46.5 Å². The molecule has 1 heterocycles. The molecule has 3 rings (SSSR count). The molecule has 5 heteroatoms. The molecule has 1 aliphatic carbocycles. The summed E-state index contributed by atoms with van der Waals surface area (Å²) in [6, 6.07) is 6.96. The summed E-state index contributed by atoms with van der Waals surface area (Å²) >= 11 is 3.57. The molecular formula is C15H18BrN3O. The SMILES string of the molecule is Cn1ccnc1COc1ccc(CNC2CC2)cc1Br. The number of nitrogens with one attached hydrogen (secondary N) is 1. The van der Waals surface area contributed by atoms with Crippen LogP contribution in [0.1, 0.15) is 24.2 Å². The minimum Gasteiger partial charge on any atom is -0.485 e. The first-order valence-electron chi connectivity index (χ1n) is 6.83. The van der Waals surface area contributed by atoms with E-state index < -0.39 is 0 Å². The Morgan fingerprint density at radius 1 is 1.45 bits per heavy atom. The Labute approximate surface area is 127 Å². The van der Waals surface area contributed by atoms with Gasteiger partial charge in [0.05, 0.1) is 4.47 Å². The topological polar surface area (TPSA) is 39.1 Å². The lowest BCUT2D eigenvalue weighted by Gasteiger charge is -2.10. The van der Waals surface area contributed by atoms with E-state index in [1.807, 2.05) is 23.9 Å². The maximum atomic E-state index is 5.80. The van der Waals surface area contributed by atoms with Crippen molar-refractivity contribution >= 4 is 15.9 Å². The maximum absolute atomic E-state index is 5.80. The normalized spacial score (nSPS) is 14.5. The zero-order chi connectivity index (χ0) is 13.9. The molecule has 0 atom stereocenters. The second-order valence-electron chi connectivity index (χ2n) is 5.16. The monoisotopic (exact) mass is 335 g/mol. The highest BCUT2D eigenvalue weighted by molar-refractivity contribution is 9.10. The molecule has 2 aromatic rings. The Balaban J connectivity index is 1.60. The molecule has 1 aliphatic rings. The standard InChI is InChI=1S/C15H18BrN3O/c1-19-7-6-17-15(19)10-20-14-5-2-11(8-13(14)16)9-18-12-3-4-12/h2,5-8,12,18H,3-4,9-10H2,1H3. The van der Waals surface area contributed by atoms with Crippen LogP contribution in [0.4, 0.5) is 0 Å². The van der Waals surface area contributed by atoms with Gasteiger partial charge in [0.15, 0.2) is 0 Å². The Hall–Kier alpha value is -1.33. The molecule has 20 heavy (non-hydrogen) atoms. The highest BCUT2D eigenvalue weighted by atomic mass is 79.9. The van der Waals surface area contributed by atoms with E-state index in [1.54, 1.807) is 6.20 Å². The molecule has 4 nitrogen and oxygen atoms in total. The lowest BCUT2D eigenvalue weighted by molar-refractivity contribution is 0.290. The van der Waals surface area contributed by atoms with Gasteiger partial charge in [-0.3, -0.25) is 0 Å². The van der Waals surface area contributed by atoms with E-state index in [0.29, 0.717) is 6.61 Å². The molecule has 106 valence electrons. The first-order chi connectivity index (χ1) is 9.72. The van der Waals surface area contributed by atoms with E-state index in [9.17, 15) is 0 Å². The van der Waals surface area contributed by atoms with Crippen LogP contribution in [0.25, 0.3) is 0 Å². The summed E-state index contributed by atoms with van der Waals surface area (Å²) in [6.45, 7) is 1.39. The molecular weight excluding hydrogens is 318 g/mol. The van der Waals surface area contributed by atoms with Gasteiger partial charge >= 0.3 is 0 Å². The smallest absolute Gasteiger partial charge is 0.146 e. The van der Waals surface area contributed by atoms with Gasteiger partial charge in [0.25, 0.3) is 0 Å². The number of hydrogen-bond donors (Lipinski definition) is 1. The summed E-state index contributed by atoms with van der Waals surface area (Å²) in [7, 11) is 1.97. The Kier molecular flexibility index (Phi) is 4.08. The van der Waals surface area contributed by atoms with Crippen LogP contribution >= 0.6 is 15.9 Å². The van der Waals surface area contributed by atoms with Crippen molar-refractivity contribution in [2.45, 2.75) is 32.0 Å². The average molecular weight is 336 g/mol. The van der Waals surface area contributed by atoms with Crippen molar-refractivity contribution in [1.82, 2.24) is 14.9 Å². The predicted octanol–water partition coefficient (Wildman–Crippen LogP) is 3.01. The van der Waals surface area contributed by atoms with Gasteiger partial charge in [-0.15, -0.1) is 0 Å². The zero-order valence-electron chi connectivity index (χ0n) is 11.5. The fourth-order valence-electron chi connectivity index (χ4n) is 2.00. The third-order valence-electron chi connectivity index (χ3n) is 3.45. The van der Waals surface area contributed by atoms with E-state index in [1.165, 1.54) is 18.4 Å². The van der Waals surface area contributed by atoms with E-state index in [4.69, 9.17) is 4.74 Å². The van der Waals surface area contributed by atoms with Crippen molar-refractivity contribution in [2.75, 3.05) is 0 Å². The second-order valence-corrected chi connectivity index (χ2v) is 6.02. The van der Waals surface area contributed by atoms with Crippen molar-refractivity contribution in [3.8, 4) is 5.75 Å². The second kappa shape index (κ2) is 5.97. The number of nitrogens with zero attached hydrogens (tertiary/aromatic N) is 2. The van der Waals surface area contributed by atoms with Gasteiger partial charge in [0.1, 0.15) is 18.2 Å². The van der Waals surface area contributed by atoms with Crippen LogP contribution in [0, 0.1) is 0 Å². The van der Waals surface area contributed by atoms with E-state index in [2.05, 4.69) is 38.4 Å². The molecule has 1 fully saturated rings. The van der Waals surface area contributed by atoms with Crippen molar-refractivity contribution in [2.24, 2.45) is 7.05 Å². The molecule has 0 unspecified atom stereocenters. The summed E-state index contributed by atoms with van der Waals surface area (Å²) in [5, 5.41) is 3.51. The van der Waals surface area contributed by atoms with Gasteiger partial charge in [-0.25, -0.2) is 4.98 Å². The van der Waals surface area contributed by atoms with Crippen LogP contribution in [-0.4, -0.2) is 15.6 Å². The number of hydrogen-bond acceptors (Lipinski definition) is 3. The first kappa shape index (κ1) is 13.6. The van der Waals surface area contributed by atoms with Gasteiger partial charge in [0.2, 0.25) is 0 Å². The van der Waals surface area contributed by atoms with Crippen molar-refractivity contribution in [3.63, 3.8) is 0 Å². The van der Waals surface area contributed by atoms with Crippen LogP contribution in [0.15, 0.2) is 35.1 Å². The van der Waals surface area contributed by atoms with Crippen LogP contribution < -0.4 is 10.1 Å². The molecule has 0 radical (unpaired) electrons. The summed E-state index contributed by atoms with van der Waals surface area (Å²) in [4.78, 5) is 4.25. The number of benzene rings is 1. The Bertz CT molecular complexity index is 593. The lowest BCUT2D eigenvalue weighted by atomic mass is 10.2. The molecule has 0 saturated heterocycles. The summed E-state index contributed by atoms with van der Waals surface area (Å²) in [6.07, 6.45) is 6.32. The molecule has 0 spiro atoms. The number of imidazole rings is 1. The number of ether oxygens (including phenoxy) is 1. The summed E-state index contributed by atoms with van der Waals surface area (Å²) in [5.74, 6) is 1.76. The van der Waals surface area contributed by atoms with Gasteiger partial charge < -0.3 is 14.6 Å². The predicted molar refractivity (Wildman–Crippen MR) is 81.5 cm³/mol. The quantitative estimate of drug-likeness (QED) is 0.881. The van der Waals surface area contributed by atoms with Crippen LogP contribution in [0.3, 0.4) is 0 Å². The minimum absolute atomic E-state index is 0.474. The fourth-order valence-corrected chi connectivity index (χ4v) is 2.54. The highest BCUT2D eigenvalue weighted by Crippen LogP contribution is 2.27. The van der Waals surface area contributed by atoms with E-state index in [0.717, 1.165) is 28.6 Å². The van der Waals surface area contributed by atoms with Crippen LogP contribution in [-0.2, 0) is 20.2 Å². The average Bonchev–Trinajstić information content (AvgIpc) is 3.18. The lowest BCUT2D eigenvalue weighted by Crippen LogP contribution is -2.15. The number of aromatic nitrogens is 2. The van der Waals surface area contributed by atoms with Gasteiger partial charge in [0, 0.05) is 32.0 Å². The highest BCUT2D eigenvalue weighted by Gasteiger charge is 2.20.